The van der Waals surface area contributed by atoms with Crippen molar-refractivity contribution >= 4 is 26.0 Å². The number of halogens is 2. The maximum Gasteiger partial charge on any atom is 0.245 e. The van der Waals surface area contributed by atoms with Gasteiger partial charge in [0, 0.05) is 24.2 Å². The lowest BCUT2D eigenvalue weighted by Crippen LogP contribution is -2.41. The summed E-state index contributed by atoms with van der Waals surface area (Å²) in [7, 11) is -3.77. The van der Waals surface area contributed by atoms with Gasteiger partial charge < -0.3 is 4.74 Å². The second-order valence-corrected chi connectivity index (χ2v) is 7.46. The molecule has 112 valence electrons. The van der Waals surface area contributed by atoms with Gasteiger partial charge in [0.05, 0.1) is 6.10 Å². The summed E-state index contributed by atoms with van der Waals surface area (Å²) in [5.74, 6) is -0.730. The van der Waals surface area contributed by atoms with E-state index in [2.05, 4.69) is 15.9 Å². The third-order valence-electron chi connectivity index (χ3n) is 3.32. The number of ether oxygens (including phenoxy) is 1. The van der Waals surface area contributed by atoms with Crippen molar-refractivity contribution in [2.75, 3.05) is 19.7 Å². The molecule has 0 aliphatic carbocycles. The number of sulfonamides is 1. The van der Waals surface area contributed by atoms with Crippen LogP contribution in [0.25, 0.3) is 0 Å². The van der Waals surface area contributed by atoms with Crippen LogP contribution in [-0.4, -0.2) is 38.5 Å². The number of rotatable bonds is 4. The van der Waals surface area contributed by atoms with Gasteiger partial charge in [-0.05, 0) is 38.0 Å². The van der Waals surface area contributed by atoms with Crippen molar-refractivity contribution in [2.24, 2.45) is 0 Å². The van der Waals surface area contributed by atoms with Gasteiger partial charge in [0.2, 0.25) is 10.0 Å². The highest BCUT2D eigenvalue weighted by atomic mass is 79.9. The number of piperidine rings is 1. The van der Waals surface area contributed by atoms with Crippen molar-refractivity contribution < 1.29 is 17.5 Å². The quantitative estimate of drug-likeness (QED) is 0.823. The fourth-order valence-electron chi connectivity index (χ4n) is 2.30. The van der Waals surface area contributed by atoms with E-state index in [1.165, 1.54) is 22.5 Å². The van der Waals surface area contributed by atoms with Crippen molar-refractivity contribution in [3.8, 4) is 0 Å². The van der Waals surface area contributed by atoms with E-state index in [1.54, 1.807) is 0 Å². The Morgan fingerprint density at radius 3 is 2.60 bits per heavy atom. The molecule has 1 heterocycles. The molecule has 4 nitrogen and oxygen atoms in total. The smallest absolute Gasteiger partial charge is 0.245 e. The minimum Gasteiger partial charge on any atom is -0.378 e. The molecule has 7 heteroatoms. The molecule has 0 spiro atoms. The Bertz CT molecular complexity index is 571. The molecule has 0 amide bonds. The maximum atomic E-state index is 13.8. The van der Waals surface area contributed by atoms with Crippen molar-refractivity contribution in [1.82, 2.24) is 4.31 Å². The standard InChI is InChI=1S/C13H17BrFNO3S/c1-2-19-11-5-7-16(8-6-11)20(17,18)13-4-3-10(14)9-12(13)15/h3-4,9,11H,2,5-8H2,1H3. The van der Waals surface area contributed by atoms with E-state index in [9.17, 15) is 12.8 Å². The van der Waals surface area contributed by atoms with Gasteiger partial charge in [0.25, 0.3) is 0 Å². The minimum absolute atomic E-state index is 0.0983. The van der Waals surface area contributed by atoms with Crippen LogP contribution in [0.5, 0.6) is 0 Å². The van der Waals surface area contributed by atoms with Crippen LogP contribution in [0.3, 0.4) is 0 Å². The van der Waals surface area contributed by atoms with E-state index in [1.807, 2.05) is 6.92 Å². The summed E-state index contributed by atoms with van der Waals surface area (Å²) in [6, 6.07) is 3.99. The molecule has 1 aromatic carbocycles. The van der Waals surface area contributed by atoms with Gasteiger partial charge >= 0.3 is 0 Å². The van der Waals surface area contributed by atoms with Crippen LogP contribution in [0.1, 0.15) is 19.8 Å². The molecule has 2 rings (SSSR count). The molecule has 0 saturated carbocycles. The lowest BCUT2D eigenvalue weighted by atomic mass is 10.1. The summed E-state index contributed by atoms with van der Waals surface area (Å²) in [5, 5.41) is 0. The number of benzene rings is 1. The number of hydrogen-bond donors (Lipinski definition) is 0. The molecule has 1 aromatic rings. The summed E-state index contributed by atoms with van der Waals surface area (Å²) >= 11 is 3.12. The Morgan fingerprint density at radius 2 is 2.05 bits per heavy atom. The maximum absolute atomic E-state index is 13.8. The molecular weight excluding hydrogens is 349 g/mol. The SMILES string of the molecule is CCOC1CCN(S(=O)(=O)c2ccc(Br)cc2F)CC1. The highest BCUT2D eigenvalue weighted by molar-refractivity contribution is 9.10. The summed E-state index contributed by atoms with van der Waals surface area (Å²) in [6.45, 7) is 3.27. The zero-order valence-corrected chi connectivity index (χ0v) is 13.6. The highest BCUT2D eigenvalue weighted by Gasteiger charge is 2.31. The third kappa shape index (κ3) is 3.39. The first kappa shape index (κ1) is 15.9. The fourth-order valence-corrected chi connectivity index (χ4v) is 4.15. The van der Waals surface area contributed by atoms with Gasteiger partial charge in [-0.25, -0.2) is 12.8 Å². The Hall–Kier alpha value is -0.500. The van der Waals surface area contributed by atoms with Crippen molar-refractivity contribution in [3.05, 3.63) is 28.5 Å². The molecule has 1 fully saturated rings. The zero-order chi connectivity index (χ0) is 14.8. The second-order valence-electron chi connectivity index (χ2n) is 4.63. The van der Waals surface area contributed by atoms with Gasteiger partial charge in [-0.2, -0.15) is 4.31 Å². The molecule has 0 unspecified atom stereocenters. The van der Waals surface area contributed by atoms with Crippen LogP contribution in [0, 0.1) is 5.82 Å². The largest absolute Gasteiger partial charge is 0.378 e. The molecule has 0 aromatic heterocycles. The molecule has 0 bridgehead atoms. The van der Waals surface area contributed by atoms with Gasteiger partial charge in [0.15, 0.2) is 0 Å². The molecule has 20 heavy (non-hydrogen) atoms. The second kappa shape index (κ2) is 6.51. The van der Waals surface area contributed by atoms with Crippen molar-refractivity contribution in [2.45, 2.75) is 30.8 Å². The van der Waals surface area contributed by atoms with Gasteiger partial charge in [-0.1, -0.05) is 15.9 Å². The lowest BCUT2D eigenvalue weighted by molar-refractivity contribution is 0.0290. The van der Waals surface area contributed by atoms with Gasteiger partial charge in [-0.15, -0.1) is 0 Å². The minimum atomic E-state index is -3.77. The van der Waals surface area contributed by atoms with Crippen LogP contribution in [0.4, 0.5) is 4.39 Å². The normalized spacial score (nSPS) is 18.4. The summed E-state index contributed by atoms with van der Waals surface area (Å²) in [6.07, 6.45) is 1.39. The monoisotopic (exact) mass is 365 g/mol. The molecule has 0 radical (unpaired) electrons. The molecule has 1 aliphatic heterocycles. The van der Waals surface area contributed by atoms with E-state index >= 15 is 0 Å². The number of hydrogen-bond acceptors (Lipinski definition) is 3. The third-order valence-corrected chi connectivity index (χ3v) is 5.74. The van der Waals surface area contributed by atoms with Crippen molar-refractivity contribution in [1.29, 1.82) is 0 Å². The molecule has 1 saturated heterocycles. The average Bonchev–Trinajstić information content (AvgIpc) is 2.39. The van der Waals surface area contributed by atoms with Crippen LogP contribution < -0.4 is 0 Å². The zero-order valence-electron chi connectivity index (χ0n) is 11.2. The average molecular weight is 366 g/mol. The first-order valence-electron chi connectivity index (χ1n) is 6.52. The Kier molecular flexibility index (Phi) is 5.17. The fraction of sp³-hybridized carbons (Fsp3) is 0.538. The van der Waals surface area contributed by atoms with E-state index in [0.29, 0.717) is 37.0 Å². The molecule has 0 atom stereocenters. The van der Waals surface area contributed by atoms with E-state index < -0.39 is 15.8 Å². The topological polar surface area (TPSA) is 46.6 Å². The molecular formula is C13H17BrFNO3S. The van der Waals surface area contributed by atoms with Gasteiger partial charge in [-0.3, -0.25) is 0 Å². The summed E-state index contributed by atoms with van der Waals surface area (Å²) in [4.78, 5) is -0.268. The first-order chi connectivity index (χ1) is 9.45. The molecule has 1 aliphatic rings. The summed E-state index contributed by atoms with van der Waals surface area (Å²) in [5.41, 5.74) is 0. The first-order valence-corrected chi connectivity index (χ1v) is 8.75. The van der Waals surface area contributed by atoms with E-state index in [-0.39, 0.29) is 11.0 Å². The molecule has 0 N–H and O–H groups in total. The Morgan fingerprint density at radius 1 is 1.40 bits per heavy atom. The predicted molar refractivity (Wildman–Crippen MR) is 77.5 cm³/mol. The van der Waals surface area contributed by atoms with Gasteiger partial charge in [0.1, 0.15) is 10.7 Å². The van der Waals surface area contributed by atoms with E-state index in [0.717, 1.165) is 0 Å². The Balaban J connectivity index is 2.15. The van der Waals surface area contributed by atoms with Crippen LogP contribution in [-0.2, 0) is 14.8 Å². The Labute approximate surface area is 127 Å². The predicted octanol–water partition coefficient (Wildman–Crippen LogP) is 2.78. The van der Waals surface area contributed by atoms with Crippen LogP contribution in [0.2, 0.25) is 0 Å². The van der Waals surface area contributed by atoms with E-state index in [4.69, 9.17) is 4.74 Å². The number of nitrogens with zero attached hydrogens (tertiary/aromatic N) is 1. The summed E-state index contributed by atoms with van der Waals surface area (Å²) < 4.78 is 46.0. The van der Waals surface area contributed by atoms with Crippen LogP contribution >= 0.6 is 15.9 Å². The lowest BCUT2D eigenvalue weighted by Gasteiger charge is -2.31. The van der Waals surface area contributed by atoms with Crippen molar-refractivity contribution in [3.63, 3.8) is 0 Å². The highest BCUT2D eigenvalue weighted by Crippen LogP contribution is 2.25. The van der Waals surface area contributed by atoms with Crippen LogP contribution in [0.15, 0.2) is 27.6 Å².